The summed E-state index contributed by atoms with van der Waals surface area (Å²) >= 11 is 0. The third-order valence-electron chi connectivity index (χ3n) is 4.61. The largest absolute Gasteiger partial charge is 0.433 e. The van der Waals surface area contributed by atoms with Crippen LogP contribution in [0.4, 0.5) is 19.1 Å². The van der Waals surface area contributed by atoms with Crippen molar-refractivity contribution in [3.8, 4) is 0 Å². The van der Waals surface area contributed by atoms with E-state index in [2.05, 4.69) is 42.6 Å². The van der Waals surface area contributed by atoms with Crippen LogP contribution in [0.3, 0.4) is 0 Å². The lowest BCUT2D eigenvalue weighted by Crippen LogP contribution is -2.41. The van der Waals surface area contributed by atoms with E-state index >= 15 is 0 Å². The molecule has 1 aliphatic rings. The van der Waals surface area contributed by atoms with Gasteiger partial charge in [0.2, 0.25) is 5.95 Å². The van der Waals surface area contributed by atoms with Crippen molar-refractivity contribution < 1.29 is 13.2 Å². The number of benzene rings is 1. The molecular weight excluding hydrogens is 369 g/mol. The van der Waals surface area contributed by atoms with Crippen molar-refractivity contribution in [3.05, 3.63) is 53.9 Å². The highest BCUT2D eigenvalue weighted by molar-refractivity contribution is 5.80. The van der Waals surface area contributed by atoms with E-state index in [9.17, 15) is 13.2 Å². The highest BCUT2D eigenvalue weighted by Gasteiger charge is 2.32. The number of nitrogens with one attached hydrogen (secondary N) is 2. The molecule has 1 aliphatic heterocycles. The van der Waals surface area contributed by atoms with Gasteiger partial charge in [0.25, 0.3) is 0 Å². The van der Waals surface area contributed by atoms with Crippen molar-refractivity contribution in [2.45, 2.75) is 18.5 Å². The van der Waals surface area contributed by atoms with E-state index < -0.39 is 11.9 Å². The van der Waals surface area contributed by atoms with Gasteiger partial charge in [-0.1, -0.05) is 30.3 Å². The SMILES string of the molecule is CN=C(NCCNc1nccc(C(F)(F)F)n1)N1CCC(c2ccccc2)C1. The zero-order chi connectivity index (χ0) is 20.0. The second kappa shape index (κ2) is 8.90. The van der Waals surface area contributed by atoms with Gasteiger partial charge >= 0.3 is 6.18 Å². The first-order chi connectivity index (χ1) is 13.5. The third kappa shape index (κ3) is 5.11. The Kier molecular flexibility index (Phi) is 6.33. The molecule has 28 heavy (non-hydrogen) atoms. The molecule has 2 heterocycles. The van der Waals surface area contributed by atoms with Gasteiger partial charge in [0, 0.05) is 45.3 Å². The fraction of sp³-hybridized carbons (Fsp3) is 0.421. The Morgan fingerprint density at radius 3 is 2.71 bits per heavy atom. The fourth-order valence-electron chi connectivity index (χ4n) is 3.23. The molecule has 1 aromatic heterocycles. The minimum absolute atomic E-state index is 0.0445. The number of hydrogen-bond donors (Lipinski definition) is 2. The molecule has 2 aromatic rings. The van der Waals surface area contributed by atoms with E-state index in [1.165, 1.54) is 5.56 Å². The van der Waals surface area contributed by atoms with Crippen molar-refractivity contribution in [2.24, 2.45) is 4.99 Å². The van der Waals surface area contributed by atoms with Crippen LogP contribution in [-0.2, 0) is 6.18 Å². The summed E-state index contributed by atoms with van der Waals surface area (Å²) in [5.74, 6) is 1.21. The van der Waals surface area contributed by atoms with Crippen LogP contribution in [0, 0.1) is 0 Å². The predicted octanol–water partition coefficient (Wildman–Crippen LogP) is 2.97. The minimum Gasteiger partial charge on any atom is -0.354 e. The number of aliphatic imine (C=N–C) groups is 1. The molecule has 1 atom stereocenters. The Morgan fingerprint density at radius 2 is 2.00 bits per heavy atom. The van der Waals surface area contributed by atoms with E-state index in [-0.39, 0.29) is 5.95 Å². The van der Waals surface area contributed by atoms with Crippen LogP contribution in [0.2, 0.25) is 0 Å². The lowest BCUT2D eigenvalue weighted by atomic mass is 9.99. The highest BCUT2D eigenvalue weighted by Crippen LogP contribution is 2.28. The predicted molar refractivity (Wildman–Crippen MR) is 102 cm³/mol. The highest BCUT2D eigenvalue weighted by atomic mass is 19.4. The van der Waals surface area contributed by atoms with Gasteiger partial charge in [-0.2, -0.15) is 13.2 Å². The van der Waals surface area contributed by atoms with Crippen LogP contribution in [0.1, 0.15) is 23.6 Å². The average molecular weight is 392 g/mol. The summed E-state index contributed by atoms with van der Waals surface area (Å²) in [6.07, 6.45) is -2.33. The van der Waals surface area contributed by atoms with Gasteiger partial charge in [0.05, 0.1) is 0 Å². The van der Waals surface area contributed by atoms with E-state index in [0.717, 1.165) is 37.7 Å². The summed E-state index contributed by atoms with van der Waals surface area (Å²) in [7, 11) is 1.72. The first-order valence-corrected chi connectivity index (χ1v) is 9.12. The molecule has 0 aliphatic carbocycles. The standard InChI is InChI=1S/C19H23F3N6/c1-23-18(28-12-8-15(13-28)14-5-3-2-4-6-14)26-11-10-25-17-24-9-7-16(27-17)19(20,21)22/h2-7,9,15H,8,10-13H2,1H3,(H,23,26)(H,24,25,27). The van der Waals surface area contributed by atoms with Crippen molar-refractivity contribution in [2.75, 3.05) is 38.5 Å². The Bertz CT molecular complexity index is 794. The molecule has 1 unspecified atom stereocenters. The average Bonchev–Trinajstić information content (AvgIpc) is 3.18. The van der Waals surface area contributed by atoms with Gasteiger partial charge in [-0.05, 0) is 18.1 Å². The van der Waals surface area contributed by atoms with Crippen molar-refractivity contribution in [1.29, 1.82) is 0 Å². The van der Waals surface area contributed by atoms with E-state index in [0.29, 0.717) is 19.0 Å². The molecule has 1 aromatic carbocycles. The summed E-state index contributed by atoms with van der Waals surface area (Å²) in [6.45, 7) is 2.65. The van der Waals surface area contributed by atoms with E-state index in [1.54, 1.807) is 7.05 Å². The monoisotopic (exact) mass is 392 g/mol. The molecule has 0 saturated carbocycles. The summed E-state index contributed by atoms with van der Waals surface area (Å²) in [6, 6.07) is 11.2. The van der Waals surface area contributed by atoms with Gasteiger partial charge in [0.1, 0.15) is 5.69 Å². The number of rotatable bonds is 5. The molecule has 9 heteroatoms. The Hall–Kier alpha value is -2.84. The van der Waals surface area contributed by atoms with Crippen LogP contribution in [0.15, 0.2) is 47.6 Å². The van der Waals surface area contributed by atoms with Crippen molar-refractivity contribution in [3.63, 3.8) is 0 Å². The number of guanidine groups is 1. The first-order valence-electron chi connectivity index (χ1n) is 9.12. The summed E-state index contributed by atoms with van der Waals surface area (Å²) in [5.41, 5.74) is 0.363. The molecule has 2 N–H and O–H groups in total. The number of hydrogen-bond acceptors (Lipinski definition) is 4. The molecule has 150 valence electrons. The molecule has 0 spiro atoms. The van der Waals surface area contributed by atoms with Gasteiger partial charge < -0.3 is 15.5 Å². The van der Waals surface area contributed by atoms with Gasteiger partial charge in [0.15, 0.2) is 5.96 Å². The molecule has 6 nitrogen and oxygen atoms in total. The summed E-state index contributed by atoms with van der Waals surface area (Å²) < 4.78 is 38.0. The van der Waals surface area contributed by atoms with Crippen LogP contribution < -0.4 is 10.6 Å². The van der Waals surface area contributed by atoms with Crippen molar-refractivity contribution in [1.82, 2.24) is 20.2 Å². The van der Waals surface area contributed by atoms with E-state index in [1.807, 2.05) is 18.2 Å². The maximum atomic E-state index is 12.7. The molecule has 3 rings (SSSR count). The Balaban J connectivity index is 1.47. The first kappa shape index (κ1) is 19.9. The smallest absolute Gasteiger partial charge is 0.354 e. The summed E-state index contributed by atoms with van der Waals surface area (Å²) in [4.78, 5) is 13.8. The third-order valence-corrected chi connectivity index (χ3v) is 4.61. The maximum Gasteiger partial charge on any atom is 0.433 e. The number of anilines is 1. The minimum atomic E-state index is -4.48. The fourth-order valence-corrected chi connectivity index (χ4v) is 3.23. The Labute approximate surface area is 161 Å². The Morgan fingerprint density at radius 1 is 1.21 bits per heavy atom. The van der Waals surface area contributed by atoms with Crippen LogP contribution in [0.25, 0.3) is 0 Å². The summed E-state index contributed by atoms with van der Waals surface area (Å²) in [5, 5.41) is 6.04. The zero-order valence-corrected chi connectivity index (χ0v) is 15.6. The van der Waals surface area contributed by atoms with Gasteiger partial charge in [-0.3, -0.25) is 4.99 Å². The normalized spacial score (nSPS) is 17.6. The molecule has 0 bridgehead atoms. The van der Waals surface area contributed by atoms with Crippen molar-refractivity contribution >= 4 is 11.9 Å². The lowest BCUT2D eigenvalue weighted by molar-refractivity contribution is -0.141. The number of nitrogens with zero attached hydrogens (tertiary/aromatic N) is 4. The molecule has 1 saturated heterocycles. The topological polar surface area (TPSA) is 65.4 Å². The van der Waals surface area contributed by atoms with E-state index in [4.69, 9.17) is 0 Å². The lowest BCUT2D eigenvalue weighted by Gasteiger charge is -2.22. The van der Waals surface area contributed by atoms with Gasteiger partial charge in [-0.25, -0.2) is 9.97 Å². The molecule has 0 amide bonds. The van der Waals surface area contributed by atoms with Crippen LogP contribution >= 0.6 is 0 Å². The number of alkyl halides is 3. The second-order valence-electron chi connectivity index (χ2n) is 6.51. The number of likely N-dealkylation sites (tertiary alicyclic amines) is 1. The molecular formula is C19H23F3N6. The maximum absolute atomic E-state index is 12.7. The van der Waals surface area contributed by atoms with Gasteiger partial charge in [-0.15, -0.1) is 0 Å². The number of aromatic nitrogens is 2. The second-order valence-corrected chi connectivity index (χ2v) is 6.51. The quantitative estimate of drug-likeness (QED) is 0.465. The number of halogens is 3. The molecule has 0 radical (unpaired) electrons. The van der Waals surface area contributed by atoms with Crippen LogP contribution in [-0.4, -0.2) is 54.1 Å². The molecule has 1 fully saturated rings. The van der Waals surface area contributed by atoms with Crippen LogP contribution in [0.5, 0.6) is 0 Å². The zero-order valence-electron chi connectivity index (χ0n) is 15.6.